The van der Waals surface area contributed by atoms with Crippen molar-refractivity contribution in [3.8, 4) is 0 Å². The predicted molar refractivity (Wildman–Crippen MR) is 40.4 cm³/mol. The molecule has 0 aromatic rings. The number of nitroso groups, excluding NO2 is 1. The molecule has 1 aliphatic rings. The summed E-state index contributed by atoms with van der Waals surface area (Å²) in [4.78, 5) is 10.2. The summed E-state index contributed by atoms with van der Waals surface area (Å²) in [5.41, 5.74) is 0. The zero-order chi connectivity index (χ0) is 7.40. The third-order valence-electron chi connectivity index (χ3n) is 2.17. The van der Waals surface area contributed by atoms with E-state index in [9.17, 15) is 4.91 Å². The molecule has 0 bridgehead atoms. The zero-order valence-electron chi connectivity index (χ0n) is 6.42. The van der Waals surface area contributed by atoms with Gasteiger partial charge in [0.15, 0.2) is 0 Å². The minimum Gasteiger partial charge on any atom is -0.258 e. The molecule has 0 N–H and O–H groups in total. The maximum Gasteiger partial charge on any atom is 0.0526 e. The van der Waals surface area contributed by atoms with Crippen molar-refractivity contribution in [2.45, 2.75) is 38.6 Å². The van der Waals surface area contributed by atoms with Crippen LogP contribution in [0.2, 0.25) is 0 Å². The van der Waals surface area contributed by atoms with Gasteiger partial charge in [-0.3, -0.25) is 5.01 Å². The number of rotatable bonds is 2. The van der Waals surface area contributed by atoms with Crippen LogP contribution in [0.5, 0.6) is 0 Å². The maximum absolute atomic E-state index is 10.2. The zero-order valence-corrected chi connectivity index (χ0v) is 6.42. The van der Waals surface area contributed by atoms with Gasteiger partial charge in [-0.1, -0.05) is 6.92 Å². The van der Waals surface area contributed by atoms with Gasteiger partial charge in [0.1, 0.15) is 0 Å². The van der Waals surface area contributed by atoms with E-state index in [0.29, 0.717) is 6.04 Å². The molecule has 3 nitrogen and oxygen atoms in total. The van der Waals surface area contributed by atoms with Crippen LogP contribution < -0.4 is 0 Å². The molecule has 1 heterocycles. The predicted octanol–water partition coefficient (Wildman–Crippen LogP) is 1.93. The molecule has 0 radical (unpaired) electrons. The first-order valence-corrected chi connectivity index (χ1v) is 3.98. The van der Waals surface area contributed by atoms with E-state index < -0.39 is 0 Å². The average Bonchev–Trinajstić information content (AvgIpc) is 2.04. The summed E-state index contributed by atoms with van der Waals surface area (Å²) >= 11 is 0. The molecule has 1 aliphatic heterocycles. The Kier molecular flexibility index (Phi) is 2.66. The monoisotopic (exact) mass is 142 g/mol. The van der Waals surface area contributed by atoms with Crippen molar-refractivity contribution in [2.24, 2.45) is 5.29 Å². The van der Waals surface area contributed by atoms with E-state index in [-0.39, 0.29) is 0 Å². The van der Waals surface area contributed by atoms with Crippen LogP contribution in [-0.2, 0) is 0 Å². The lowest BCUT2D eigenvalue weighted by molar-refractivity contribution is 0.147. The van der Waals surface area contributed by atoms with Crippen LogP contribution in [0.1, 0.15) is 32.6 Å². The van der Waals surface area contributed by atoms with Gasteiger partial charge in [-0.25, -0.2) is 0 Å². The van der Waals surface area contributed by atoms with Crippen LogP contribution in [0.3, 0.4) is 0 Å². The van der Waals surface area contributed by atoms with Crippen LogP contribution in [0, 0.1) is 4.91 Å². The van der Waals surface area contributed by atoms with Crippen LogP contribution in [-0.4, -0.2) is 17.6 Å². The molecule has 0 saturated carbocycles. The van der Waals surface area contributed by atoms with E-state index in [0.717, 1.165) is 25.8 Å². The summed E-state index contributed by atoms with van der Waals surface area (Å²) in [5.74, 6) is 0. The van der Waals surface area contributed by atoms with Crippen molar-refractivity contribution in [1.29, 1.82) is 0 Å². The van der Waals surface area contributed by atoms with Crippen molar-refractivity contribution < 1.29 is 0 Å². The first kappa shape index (κ1) is 7.51. The number of hydrogen-bond acceptors (Lipinski definition) is 2. The normalized spacial score (nSPS) is 26.5. The lowest BCUT2D eigenvalue weighted by Gasteiger charge is -2.29. The molecule has 0 aromatic heterocycles. The van der Waals surface area contributed by atoms with Crippen molar-refractivity contribution >= 4 is 0 Å². The minimum atomic E-state index is 0.422. The van der Waals surface area contributed by atoms with E-state index in [1.807, 2.05) is 0 Å². The second kappa shape index (κ2) is 3.54. The molecule has 1 atom stereocenters. The van der Waals surface area contributed by atoms with E-state index >= 15 is 0 Å². The van der Waals surface area contributed by atoms with Gasteiger partial charge in [-0.05, 0) is 25.7 Å². The Morgan fingerprint density at radius 1 is 1.60 bits per heavy atom. The topological polar surface area (TPSA) is 32.7 Å². The fourth-order valence-corrected chi connectivity index (χ4v) is 1.51. The molecule has 58 valence electrons. The Labute approximate surface area is 61.3 Å². The molecule has 0 aromatic carbocycles. The highest BCUT2D eigenvalue weighted by molar-refractivity contribution is 4.71. The van der Waals surface area contributed by atoms with Crippen LogP contribution >= 0.6 is 0 Å². The van der Waals surface area contributed by atoms with Crippen molar-refractivity contribution in [3.05, 3.63) is 4.91 Å². The first-order valence-electron chi connectivity index (χ1n) is 3.98. The molecule has 1 unspecified atom stereocenters. The molecule has 3 heteroatoms. The van der Waals surface area contributed by atoms with E-state index in [1.165, 1.54) is 6.42 Å². The fourth-order valence-electron chi connectivity index (χ4n) is 1.51. The average molecular weight is 142 g/mol. The quantitative estimate of drug-likeness (QED) is 0.552. The van der Waals surface area contributed by atoms with Gasteiger partial charge in [0.25, 0.3) is 0 Å². The lowest BCUT2D eigenvalue weighted by Crippen LogP contribution is -2.34. The number of nitrogens with zero attached hydrogens (tertiary/aromatic N) is 2. The minimum absolute atomic E-state index is 0.422. The smallest absolute Gasteiger partial charge is 0.0526 e. The fraction of sp³-hybridized carbons (Fsp3) is 1.00. The van der Waals surface area contributed by atoms with Gasteiger partial charge < -0.3 is 0 Å². The lowest BCUT2D eigenvalue weighted by atomic mass is 10.0. The second-order valence-electron chi connectivity index (χ2n) is 2.80. The molecule has 1 fully saturated rings. The molecule has 1 saturated heterocycles. The Bertz CT molecular complexity index is 116. The second-order valence-corrected chi connectivity index (χ2v) is 2.80. The number of piperidine rings is 1. The van der Waals surface area contributed by atoms with Crippen molar-refractivity contribution in [1.82, 2.24) is 5.01 Å². The van der Waals surface area contributed by atoms with Gasteiger partial charge in [0.2, 0.25) is 0 Å². The van der Waals surface area contributed by atoms with Crippen molar-refractivity contribution in [3.63, 3.8) is 0 Å². The summed E-state index contributed by atoms with van der Waals surface area (Å²) < 4.78 is 0. The summed E-state index contributed by atoms with van der Waals surface area (Å²) in [6, 6.07) is 0.422. The highest BCUT2D eigenvalue weighted by atomic mass is 16.3. The highest BCUT2D eigenvalue weighted by Gasteiger charge is 2.19. The van der Waals surface area contributed by atoms with E-state index in [4.69, 9.17) is 0 Å². The van der Waals surface area contributed by atoms with E-state index in [1.54, 1.807) is 5.01 Å². The van der Waals surface area contributed by atoms with Crippen LogP contribution in [0.4, 0.5) is 0 Å². The summed E-state index contributed by atoms with van der Waals surface area (Å²) in [6.07, 6.45) is 4.57. The van der Waals surface area contributed by atoms with Crippen LogP contribution in [0.15, 0.2) is 5.29 Å². The molecule has 0 amide bonds. The van der Waals surface area contributed by atoms with E-state index in [2.05, 4.69) is 12.2 Å². The Hall–Kier alpha value is -0.600. The summed E-state index contributed by atoms with van der Waals surface area (Å²) in [7, 11) is 0. The third-order valence-corrected chi connectivity index (χ3v) is 2.17. The Morgan fingerprint density at radius 2 is 2.40 bits per heavy atom. The van der Waals surface area contributed by atoms with Crippen molar-refractivity contribution in [2.75, 3.05) is 6.54 Å². The summed E-state index contributed by atoms with van der Waals surface area (Å²) in [5, 5.41) is 4.67. The largest absolute Gasteiger partial charge is 0.258 e. The first-order chi connectivity index (χ1) is 4.88. The molecular formula is C7H14N2O. The maximum atomic E-state index is 10.2. The molecular weight excluding hydrogens is 128 g/mol. The van der Waals surface area contributed by atoms with Gasteiger partial charge in [0.05, 0.1) is 5.29 Å². The van der Waals surface area contributed by atoms with Gasteiger partial charge in [-0.15, -0.1) is 4.91 Å². The highest BCUT2D eigenvalue weighted by Crippen LogP contribution is 2.18. The summed E-state index contributed by atoms with van der Waals surface area (Å²) in [6.45, 7) is 2.97. The van der Waals surface area contributed by atoms with Gasteiger partial charge in [-0.2, -0.15) is 0 Å². The Balaban J connectivity index is 2.41. The number of hydrogen-bond donors (Lipinski definition) is 0. The Morgan fingerprint density at radius 3 is 2.90 bits per heavy atom. The van der Waals surface area contributed by atoms with Crippen LogP contribution in [0.25, 0.3) is 0 Å². The standard InChI is InChI=1S/C7H14N2O/c1-2-7-5-3-4-6-9(7)8-10/h7H,2-6H2,1H3. The third kappa shape index (κ3) is 1.46. The molecule has 0 aliphatic carbocycles. The molecule has 0 spiro atoms. The molecule has 1 rings (SSSR count). The molecule has 10 heavy (non-hydrogen) atoms. The SMILES string of the molecule is CCC1CCCCN1N=O. The van der Waals surface area contributed by atoms with Gasteiger partial charge >= 0.3 is 0 Å². The van der Waals surface area contributed by atoms with Gasteiger partial charge in [0, 0.05) is 12.6 Å².